The molecule has 1 aliphatic heterocycles. The maximum absolute atomic E-state index is 9.43. The van der Waals surface area contributed by atoms with E-state index in [0.29, 0.717) is 6.61 Å². The van der Waals surface area contributed by atoms with Gasteiger partial charge < -0.3 is 19.6 Å². The van der Waals surface area contributed by atoms with Crippen molar-refractivity contribution in [2.45, 2.75) is 6.42 Å². The first-order valence-electron chi connectivity index (χ1n) is 5.60. The number of rotatable bonds is 6. The number of aliphatic hydroxyl groups is 1. The van der Waals surface area contributed by atoms with Crippen molar-refractivity contribution in [2.75, 3.05) is 60.6 Å². The molecule has 1 unspecified atom stereocenters. The number of ether oxygens (including phenoxy) is 1. The molecule has 0 bridgehead atoms. The van der Waals surface area contributed by atoms with Crippen LogP contribution in [0.5, 0.6) is 0 Å². The summed E-state index contributed by atoms with van der Waals surface area (Å²) < 4.78 is 5.38. The molecule has 0 aromatic heterocycles. The molecule has 15 heavy (non-hydrogen) atoms. The zero-order valence-corrected chi connectivity index (χ0v) is 10.2. The summed E-state index contributed by atoms with van der Waals surface area (Å²) in [5.74, 6) is 0. The van der Waals surface area contributed by atoms with Crippen LogP contribution < -0.4 is 0 Å². The molecule has 0 radical (unpaired) electrons. The van der Waals surface area contributed by atoms with Crippen molar-refractivity contribution in [1.29, 1.82) is 0 Å². The van der Waals surface area contributed by atoms with Gasteiger partial charge in [-0.25, -0.2) is 0 Å². The molecule has 0 aromatic carbocycles. The average Bonchev–Trinajstić information content (AvgIpc) is 2.64. The molecule has 0 amide bonds. The Morgan fingerprint density at radius 3 is 2.47 bits per heavy atom. The zero-order chi connectivity index (χ0) is 11.3. The average molecular weight is 216 g/mol. The highest BCUT2D eigenvalue weighted by atomic mass is 16.5. The third-order valence-electron chi connectivity index (χ3n) is 3.05. The number of nitrogens with zero attached hydrogens (tertiary/aromatic N) is 2. The van der Waals surface area contributed by atoms with Crippen molar-refractivity contribution in [3.05, 3.63) is 0 Å². The summed E-state index contributed by atoms with van der Waals surface area (Å²) in [4.78, 5) is 4.46. The molecule has 4 nitrogen and oxygen atoms in total. The SMILES string of the molecule is CN(C)CCN(C)CC1(CO)CCOC1. The van der Waals surface area contributed by atoms with Crippen LogP contribution in [-0.4, -0.2) is 75.5 Å². The van der Waals surface area contributed by atoms with E-state index in [1.807, 2.05) is 0 Å². The second kappa shape index (κ2) is 5.80. The lowest BCUT2D eigenvalue weighted by molar-refractivity contribution is 0.0628. The molecule has 1 rings (SSSR count). The van der Waals surface area contributed by atoms with Crippen molar-refractivity contribution in [2.24, 2.45) is 5.41 Å². The fraction of sp³-hybridized carbons (Fsp3) is 1.00. The molecule has 1 fully saturated rings. The van der Waals surface area contributed by atoms with E-state index in [9.17, 15) is 5.11 Å². The Balaban J connectivity index is 2.31. The van der Waals surface area contributed by atoms with Gasteiger partial charge in [0.25, 0.3) is 0 Å². The quantitative estimate of drug-likeness (QED) is 0.671. The third-order valence-corrected chi connectivity index (χ3v) is 3.05. The van der Waals surface area contributed by atoms with Gasteiger partial charge in [0.2, 0.25) is 0 Å². The molecule has 4 heteroatoms. The van der Waals surface area contributed by atoms with Gasteiger partial charge in [0, 0.05) is 31.7 Å². The monoisotopic (exact) mass is 216 g/mol. The van der Waals surface area contributed by atoms with E-state index >= 15 is 0 Å². The van der Waals surface area contributed by atoms with Crippen LogP contribution in [0.1, 0.15) is 6.42 Å². The van der Waals surface area contributed by atoms with Crippen LogP contribution in [0.15, 0.2) is 0 Å². The van der Waals surface area contributed by atoms with Crippen molar-refractivity contribution in [3.63, 3.8) is 0 Å². The van der Waals surface area contributed by atoms with Crippen molar-refractivity contribution >= 4 is 0 Å². The van der Waals surface area contributed by atoms with Gasteiger partial charge in [0.1, 0.15) is 0 Å². The van der Waals surface area contributed by atoms with E-state index in [-0.39, 0.29) is 12.0 Å². The Kier molecular flexibility index (Phi) is 4.99. The number of hydrogen-bond acceptors (Lipinski definition) is 4. The lowest BCUT2D eigenvalue weighted by atomic mass is 9.88. The largest absolute Gasteiger partial charge is 0.396 e. The Morgan fingerprint density at radius 1 is 1.27 bits per heavy atom. The molecule has 1 aliphatic rings. The van der Waals surface area contributed by atoms with E-state index in [0.717, 1.165) is 32.7 Å². The minimum absolute atomic E-state index is 0.0128. The molecule has 1 saturated heterocycles. The van der Waals surface area contributed by atoms with Gasteiger partial charge in [0.05, 0.1) is 13.2 Å². The molecule has 90 valence electrons. The predicted molar refractivity (Wildman–Crippen MR) is 61.0 cm³/mol. The van der Waals surface area contributed by atoms with E-state index < -0.39 is 0 Å². The van der Waals surface area contributed by atoms with Gasteiger partial charge in [-0.05, 0) is 27.6 Å². The van der Waals surface area contributed by atoms with Crippen LogP contribution >= 0.6 is 0 Å². The van der Waals surface area contributed by atoms with E-state index in [1.165, 1.54) is 0 Å². The first-order valence-corrected chi connectivity index (χ1v) is 5.60. The Morgan fingerprint density at radius 2 is 2.00 bits per heavy atom. The van der Waals surface area contributed by atoms with Gasteiger partial charge in [-0.2, -0.15) is 0 Å². The van der Waals surface area contributed by atoms with Crippen LogP contribution in [0, 0.1) is 5.41 Å². The van der Waals surface area contributed by atoms with E-state index in [4.69, 9.17) is 4.74 Å². The first kappa shape index (κ1) is 12.9. The summed E-state index contributed by atoms with van der Waals surface area (Å²) in [5.41, 5.74) is -0.0128. The van der Waals surface area contributed by atoms with E-state index in [2.05, 4.69) is 30.9 Å². The molecule has 1 atom stereocenters. The second-order valence-corrected chi connectivity index (χ2v) is 5.00. The van der Waals surface area contributed by atoms with Crippen LogP contribution in [0.3, 0.4) is 0 Å². The van der Waals surface area contributed by atoms with Crippen molar-refractivity contribution in [3.8, 4) is 0 Å². The lowest BCUT2D eigenvalue weighted by Gasteiger charge is -2.31. The Hall–Kier alpha value is -0.160. The highest BCUT2D eigenvalue weighted by Crippen LogP contribution is 2.28. The summed E-state index contributed by atoms with van der Waals surface area (Å²) >= 11 is 0. The maximum Gasteiger partial charge on any atom is 0.0557 e. The van der Waals surface area contributed by atoms with Crippen LogP contribution in [-0.2, 0) is 4.74 Å². The standard InChI is InChI=1S/C11H24N2O2/c1-12(2)5-6-13(3)8-11(9-14)4-7-15-10-11/h14H,4-10H2,1-3H3. The first-order chi connectivity index (χ1) is 7.08. The maximum atomic E-state index is 9.43. The summed E-state index contributed by atoms with van der Waals surface area (Å²) in [6.45, 7) is 4.75. The normalized spacial score (nSPS) is 26.8. The molecule has 1 N–H and O–H groups in total. The topological polar surface area (TPSA) is 35.9 Å². The Bertz CT molecular complexity index is 179. The fourth-order valence-electron chi connectivity index (χ4n) is 1.97. The molecule has 1 heterocycles. The lowest BCUT2D eigenvalue weighted by Crippen LogP contribution is -2.41. The molecule has 0 saturated carbocycles. The van der Waals surface area contributed by atoms with Crippen LogP contribution in [0.4, 0.5) is 0 Å². The zero-order valence-electron chi connectivity index (χ0n) is 10.2. The smallest absolute Gasteiger partial charge is 0.0557 e. The summed E-state index contributed by atoms with van der Waals surface area (Å²) in [7, 11) is 6.27. The molecule has 0 aliphatic carbocycles. The molecular weight excluding hydrogens is 192 g/mol. The second-order valence-electron chi connectivity index (χ2n) is 5.00. The van der Waals surface area contributed by atoms with Gasteiger partial charge in [0.15, 0.2) is 0 Å². The van der Waals surface area contributed by atoms with E-state index in [1.54, 1.807) is 0 Å². The highest BCUT2D eigenvalue weighted by molar-refractivity contribution is 4.85. The number of aliphatic hydroxyl groups excluding tert-OH is 1. The number of likely N-dealkylation sites (N-methyl/N-ethyl adjacent to an activating group) is 2. The fourth-order valence-corrected chi connectivity index (χ4v) is 1.97. The van der Waals surface area contributed by atoms with Gasteiger partial charge in [-0.1, -0.05) is 0 Å². The molecule has 0 aromatic rings. The molecule has 0 spiro atoms. The minimum Gasteiger partial charge on any atom is -0.396 e. The predicted octanol–water partition coefficient (Wildman–Crippen LogP) is -0.121. The summed E-state index contributed by atoms with van der Waals surface area (Å²) in [6.07, 6.45) is 0.982. The summed E-state index contributed by atoms with van der Waals surface area (Å²) in [5, 5.41) is 9.43. The Labute approximate surface area is 92.8 Å². The minimum atomic E-state index is -0.0128. The summed E-state index contributed by atoms with van der Waals surface area (Å²) in [6, 6.07) is 0. The van der Waals surface area contributed by atoms with Crippen molar-refractivity contribution < 1.29 is 9.84 Å². The van der Waals surface area contributed by atoms with Crippen LogP contribution in [0.2, 0.25) is 0 Å². The van der Waals surface area contributed by atoms with Gasteiger partial charge in [-0.3, -0.25) is 0 Å². The van der Waals surface area contributed by atoms with Gasteiger partial charge in [-0.15, -0.1) is 0 Å². The number of hydrogen-bond donors (Lipinski definition) is 1. The molecular formula is C11H24N2O2. The highest BCUT2D eigenvalue weighted by Gasteiger charge is 2.35. The third kappa shape index (κ3) is 4.07. The van der Waals surface area contributed by atoms with Gasteiger partial charge >= 0.3 is 0 Å². The van der Waals surface area contributed by atoms with Crippen LogP contribution in [0.25, 0.3) is 0 Å². The van der Waals surface area contributed by atoms with Crippen molar-refractivity contribution in [1.82, 2.24) is 9.80 Å².